The summed E-state index contributed by atoms with van der Waals surface area (Å²) in [6, 6.07) is 9.67. The molecule has 10 heteroatoms. The lowest BCUT2D eigenvalue weighted by atomic mass is 9.90. The van der Waals surface area contributed by atoms with Crippen LogP contribution in [0.5, 0.6) is 5.75 Å². The summed E-state index contributed by atoms with van der Waals surface area (Å²) in [4.78, 5) is 46.6. The maximum absolute atomic E-state index is 13.0. The normalized spacial score (nSPS) is 20.7. The summed E-state index contributed by atoms with van der Waals surface area (Å²) in [5.41, 5.74) is 0.622. The highest BCUT2D eigenvalue weighted by Gasteiger charge is 2.43. The Morgan fingerprint density at radius 1 is 1.15 bits per heavy atom. The van der Waals surface area contributed by atoms with E-state index in [2.05, 4.69) is 5.32 Å². The monoisotopic (exact) mass is 454 g/mol. The Balaban J connectivity index is 1.58. The van der Waals surface area contributed by atoms with Gasteiger partial charge in [-0.3, -0.25) is 19.7 Å². The zero-order valence-corrected chi connectivity index (χ0v) is 18.5. The SMILES string of the molecule is CCOC(=O)[C@H]1C(=O)NC(N2CCN(C(=O)c3ccco3)CC2)=N[C@H]1c1ccccc1OC. The van der Waals surface area contributed by atoms with Crippen molar-refractivity contribution in [2.45, 2.75) is 13.0 Å². The lowest BCUT2D eigenvalue weighted by Gasteiger charge is -2.38. The van der Waals surface area contributed by atoms with Gasteiger partial charge in [-0.2, -0.15) is 0 Å². The van der Waals surface area contributed by atoms with Crippen LogP contribution in [0.1, 0.15) is 29.1 Å². The summed E-state index contributed by atoms with van der Waals surface area (Å²) in [7, 11) is 1.53. The molecule has 2 aliphatic heterocycles. The van der Waals surface area contributed by atoms with E-state index in [-0.39, 0.29) is 12.5 Å². The third-order valence-electron chi connectivity index (χ3n) is 5.69. The first-order valence-corrected chi connectivity index (χ1v) is 10.8. The van der Waals surface area contributed by atoms with E-state index in [0.29, 0.717) is 49.2 Å². The summed E-state index contributed by atoms with van der Waals surface area (Å²) in [6.45, 7) is 3.66. The lowest BCUT2D eigenvalue weighted by molar-refractivity contribution is -0.153. The van der Waals surface area contributed by atoms with Gasteiger partial charge in [-0.1, -0.05) is 18.2 Å². The van der Waals surface area contributed by atoms with Crippen LogP contribution in [0, 0.1) is 5.92 Å². The minimum Gasteiger partial charge on any atom is -0.496 e. The van der Waals surface area contributed by atoms with Gasteiger partial charge in [0.2, 0.25) is 11.9 Å². The smallest absolute Gasteiger partial charge is 0.321 e. The molecule has 0 radical (unpaired) electrons. The zero-order valence-electron chi connectivity index (χ0n) is 18.5. The summed E-state index contributed by atoms with van der Waals surface area (Å²) in [5.74, 6) is -1.24. The molecule has 0 unspecified atom stereocenters. The Morgan fingerprint density at radius 2 is 1.91 bits per heavy atom. The molecule has 174 valence electrons. The van der Waals surface area contributed by atoms with Gasteiger partial charge < -0.3 is 23.7 Å². The van der Waals surface area contributed by atoms with Gasteiger partial charge in [0, 0.05) is 31.7 Å². The summed E-state index contributed by atoms with van der Waals surface area (Å²) < 4.78 is 15.8. The van der Waals surface area contributed by atoms with Crippen molar-refractivity contribution < 1.29 is 28.3 Å². The Morgan fingerprint density at radius 3 is 2.58 bits per heavy atom. The van der Waals surface area contributed by atoms with Crippen molar-refractivity contribution in [1.29, 1.82) is 0 Å². The van der Waals surface area contributed by atoms with Crippen LogP contribution in [0.3, 0.4) is 0 Å². The number of carbonyl (C=O) groups excluding carboxylic acids is 3. The van der Waals surface area contributed by atoms with Crippen molar-refractivity contribution in [3.63, 3.8) is 0 Å². The van der Waals surface area contributed by atoms with Crippen LogP contribution in [0.25, 0.3) is 0 Å². The molecule has 2 amide bonds. The number of furan rings is 1. The van der Waals surface area contributed by atoms with Gasteiger partial charge >= 0.3 is 5.97 Å². The van der Waals surface area contributed by atoms with Crippen LogP contribution >= 0.6 is 0 Å². The molecule has 1 N–H and O–H groups in total. The van der Waals surface area contributed by atoms with Crippen LogP contribution in [0.4, 0.5) is 0 Å². The van der Waals surface area contributed by atoms with Crippen molar-refractivity contribution >= 4 is 23.7 Å². The molecule has 33 heavy (non-hydrogen) atoms. The molecule has 2 atom stereocenters. The van der Waals surface area contributed by atoms with E-state index in [1.807, 2.05) is 11.0 Å². The fourth-order valence-electron chi connectivity index (χ4n) is 4.04. The number of hydrogen-bond acceptors (Lipinski definition) is 8. The standard InChI is InChI=1S/C23H26N4O6/c1-3-32-22(30)18-19(15-7-4-5-8-16(15)31-2)24-23(25-20(18)28)27-12-10-26(11-13-27)21(29)17-9-6-14-33-17/h4-9,14,18-19H,3,10-13H2,1-2H3,(H,24,25,28)/t18-,19+/m1/s1. The number of benzene rings is 1. The molecule has 0 spiro atoms. The van der Waals surface area contributed by atoms with Crippen LogP contribution in [-0.2, 0) is 14.3 Å². The number of esters is 1. The largest absolute Gasteiger partial charge is 0.496 e. The Bertz CT molecular complexity index is 1040. The van der Waals surface area contributed by atoms with Crippen molar-refractivity contribution in [2.75, 3.05) is 39.9 Å². The van der Waals surface area contributed by atoms with E-state index in [4.69, 9.17) is 18.9 Å². The molecule has 1 fully saturated rings. The predicted molar refractivity (Wildman–Crippen MR) is 118 cm³/mol. The molecule has 2 aliphatic rings. The number of rotatable bonds is 5. The minimum absolute atomic E-state index is 0.156. The third kappa shape index (κ3) is 4.55. The van der Waals surface area contributed by atoms with Crippen LogP contribution < -0.4 is 10.1 Å². The number of carbonyl (C=O) groups is 3. The Labute approximate surface area is 191 Å². The van der Waals surface area contributed by atoms with E-state index in [1.165, 1.54) is 13.4 Å². The topological polar surface area (TPSA) is 114 Å². The minimum atomic E-state index is -1.13. The highest BCUT2D eigenvalue weighted by atomic mass is 16.5. The molecule has 2 aromatic rings. The highest BCUT2D eigenvalue weighted by Crippen LogP contribution is 2.36. The number of aliphatic imine (C=N–C) groups is 1. The summed E-state index contributed by atoms with van der Waals surface area (Å²) in [5, 5.41) is 2.76. The molecular weight excluding hydrogens is 428 g/mol. The van der Waals surface area contributed by atoms with Gasteiger partial charge in [-0.15, -0.1) is 0 Å². The molecule has 4 rings (SSSR count). The second-order valence-electron chi connectivity index (χ2n) is 7.62. The number of nitrogens with one attached hydrogen (secondary N) is 1. The number of nitrogens with zero attached hydrogens (tertiary/aromatic N) is 3. The number of amides is 2. The number of guanidine groups is 1. The molecule has 3 heterocycles. The van der Waals surface area contributed by atoms with E-state index in [1.54, 1.807) is 42.2 Å². The zero-order chi connectivity index (χ0) is 23.4. The molecule has 1 aromatic carbocycles. The summed E-state index contributed by atoms with van der Waals surface area (Å²) >= 11 is 0. The van der Waals surface area contributed by atoms with Crippen molar-refractivity contribution in [2.24, 2.45) is 10.9 Å². The highest BCUT2D eigenvalue weighted by molar-refractivity contribution is 6.08. The molecular formula is C23H26N4O6. The van der Waals surface area contributed by atoms with Crippen molar-refractivity contribution in [3.8, 4) is 5.75 Å². The maximum atomic E-state index is 13.0. The van der Waals surface area contributed by atoms with Crippen LogP contribution in [-0.4, -0.2) is 73.4 Å². The molecule has 0 aliphatic carbocycles. The third-order valence-corrected chi connectivity index (χ3v) is 5.69. The lowest BCUT2D eigenvalue weighted by Crippen LogP contribution is -2.58. The van der Waals surface area contributed by atoms with Gasteiger partial charge in [0.25, 0.3) is 5.91 Å². The van der Waals surface area contributed by atoms with E-state index in [9.17, 15) is 14.4 Å². The van der Waals surface area contributed by atoms with Crippen molar-refractivity contribution in [3.05, 3.63) is 54.0 Å². The van der Waals surface area contributed by atoms with Crippen LogP contribution in [0.2, 0.25) is 0 Å². The van der Waals surface area contributed by atoms with E-state index >= 15 is 0 Å². The maximum Gasteiger partial charge on any atom is 0.321 e. The second-order valence-corrected chi connectivity index (χ2v) is 7.62. The average Bonchev–Trinajstić information content (AvgIpc) is 3.38. The van der Waals surface area contributed by atoms with E-state index < -0.39 is 23.8 Å². The average molecular weight is 454 g/mol. The van der Waals surface area contributed by atoms with Gasteiger partial charge in [0.15, 0.2) is 11.7 Å². The first kappa shape index (κ1) is 22.4. The summed E-state index contributed by atoms with van der Waals surface area (Å²) in [6.07, 6.45) is 1.47. The van der Waals surface area contributed by atoms with Gasteiger partial charge in [0.1, 0.15) is 11.8 Å². The van der Waals surface area contributed by atoms with Gasteiger partial charge in [0.05, 0.1) is 20.0 Å². The molecule has 1 aromatic heterocycles. The number of methoxy groups -OCH3 is 1. The molecule has 1 saturated heterocycles. The first-order chi connectivity index (χ1) is 16.0. The van der Waals surface area contributed by atoms with E-state index in [0.717, 1.165) is 0 Å². The number of para-hydroxylation sites is 1. The van der Waals surface area contributed by atoms with Gasteiger partial charge in [-0.05, 0) is 25.1 Å². The van der Waals surface area contributed by atoms with Crippen molar-refractivity contribution in [1.82, 2.24) is 15.1 Å². The number of piperazine rings is 1. The molecule has 0 saturated carbocycles. The molecule has 10 nitrogen and oxygen atoms in total. The number of hydrogen-bond donors (Lipinski definition) is 1. The fraction of sp³-hybridized carbons (Fsp3) is 0.391. The Hall–Kier alpha value is -3.82. The Kier molecular flexibility index (Phi) is 6.62. The van der Waals surface area contributed by atoms with Gasteiger partial charge in [-0.25, -0.2) is 4.99 Å². The second kappa shape index (κ2) is 9.76. The quantitative estimate of drug-likeness (QED) is 0.537. The predicted octanol–water partition coefficient (Wildman–Crippen LogP) is 1.45. The van der Waals surface area contributed by atoms with Crippen LogP contribution in [0.15, 0.2) is 52.1 Å². The molecule has 0 bridgehead atoms. The fourth-order valence-corrected chi connectivity index (χ4v) is 4.04. The number of ether oxygens (including phenoxy) is 2. The first-order valence-electron chi connectivity index (χ1n) is 10.8.